The largest absolute Gasteiger partial charge is 0.457 e. The van der Waals surface area contributed by atoms with Crippen molar-refractivity contribution in [1.29, 1.82) is 0 Å². The summed E-state index contributed by atoms with van der Waals surface area (Å²) >= 11 is 0. The number of benzene rings is 4. The number of aromatic nitrogens is 5. The van der Waals surface area contributed by atoms with E-state index < -0.39 is 6.85 Å². The van der Waals surface area contributed by atoms with Crippen molar-refractivity contribution in [3.8, 4) is 52.2 Å². The molecule has 0 saturated heterocycles. The van der Waals surface area contributed by atoms with Crippen molar-refractivity contribution < 1.29 is 23.1 Å². The number of fused-ring (bicyclic) bond motifs is 3. The molecule has 9 nitrogen and oxygen atoms in total. The number of pyridine rings is 2. The molecule has 4 aromatic heterocycles. The summed E-state index contributed by atoms with van der Waals surface area (Å²) in [5.74, 6) is 4.14. The smallest absolute Gasteiger partial charge is 0.234 e. The van der Waals surface area contributed by atoms with Crippen LogP contribution in [-0.4, -0.2) is 24.5 Å². The Hall–Kier alpha value is -6.74. The van der Waals surface area contributed by atoms with Crippen LogP contribution in [0.1, 0.15) is 15.2 Å². The van der Waals surface area contributed by atoms with Crippen molar-refractivity contribution in [3.63, 3.8) is 0 Å². The van der Waals surface area contributed by atoms with Gasteiger partial charge >= 0.3 is 0 Å². The number of rotatable bonds is 9. The van der Waals surface area contributed by atoms with Crippen LogP contribution in [0.25, 0.3) is 27.8 Å². The summed E-state index contributed by atoms with van der Waals surface area (Å²) in [6.07, 6.45) is 6.58. The Morgan fingerprint density at radius 3 is 1.47 bits per heavy atom. The lowest BCUT2D eigenvalue weighted by Gasteiger charge is -2.11. The first-order chi connectivity index (χ1) is 25.3. The highest BCUT2D eigenvalue weighted by atomic mass is 16.5. The third-order valence-corrected chi connectivity index (χ3v) is 7.67. The molecular formula is C40H29N5O4. The van der Waals surface area contributed by atoms with E-state index in [1.54, 1.807) is 91.5 Å². The van der Waals surface area contributed by atoms with Crippen LogP contribution in [-0.2, 0) is 0 Å². The van der Waals surface area contributed by atoms with E-state index >= 15 is 0 Å². The van der Waals surface area contributed by atoms with Crippen molar-refractivity contribution in [1.82, 2.24) is 24.5 Å². The molecule has 0 N–H and O–H groups in total. The minimum atomic E-state index is -2.49. The quantitative estimate of drug-likeness (QED) is 0.153. The van der Waals surface area contributed by atoms with E-state index in [9.17, 15) is 0 Å². The SMILES string of the molecule is [2H]C([2H])([2H])c1cc(Oc2cccc(Oc3ccccn3)c2)cc2c1c1c(C)cc(Oc3cccc(Oc4ccccn4)c3)cc1n2-c1ncccn1. The molecule has 8 rings (SSSR count). The van der Waals surface area contributed by atoms with Gasteiger partial charge in [-0.25, -0.2) is 19.9 Å². The van der Waals surface area contributed by atoms with Gasteiger partial charge in [0.1, 0.15) is 34.5 Å². The van der Waals surface area contributed by atoms with Crippen LogP contribution >= 0.6 is 0 Å². The number of ether oxygens (including phenoxy) is 4. The van der Waals surface area contributed by atoms with E-state index in [2.05, 4.69) is 19.9 Å². The maximum atomic E-state index is 8.61. The molecule has 49 heavy (non-hydrogen) atoms. The molecule has 0 saturated carbocycles. The second-order valence-electron chi connectivity index (χ2n) is 11.1. The van der Waals surface area contributed by atoms with Crippen molar-refractivity contribution in [2.45, 2.75) is 13.8 Å². The van der Waals surface area contributed by atoms with E-state index in [4.69, 9.17) is 23.1 Å². The van der Waals surface area contributed by atoms with E-state index in [0.717, 1.165) is 10.9 Å². The predicted octanol–water partition coefficient (Wildman–Crippen LogP) is 10.1. The lowest BCUT2D eigenvalue weighted by atomic mass is 10.0. The maximum Gasteiger partial charge on any atom is 0.234 e. The minimum absolute atomic E-state index is 0.122. The van der Waals surface area contributed by atoms with E-state index in [0.29, 0.717) is 68.6 Å². The van der Waals surface area contributed by atoms with Crippen LogP contribution in [0, 0.1) is 13.8 Å². The van der Waals surface area contributed by atoms with E-state index in [1.807, 2.05) is 60.0 Å². The fourth-order valence-electron chi connectivity index (χ4n) is 5.68. The summed E-state index contributed by atoms with van der Waals surface area (Å²) in [5.41, 5.74) is 2.13. The van der Waals surface area contributed by atoms with Gasteiger partial charge in [0.25, 0.3) is 0 Å². The van der Waals surface area contributed by atoms with Crippen LogP contribution in [0.3, 0.4) is 0 Å². The molecule has 0 amide bonds. The fourth-order valence-corrected chi connectivity index (χ4v) is 5.68. The molecule has 0 unspecified atom stereocenters. The minimum Gasteiger partial charge on any atom is -0.457 e. The zero-order valence-electron chi connectivity index (χ0n) is 29.1. The molecule has 0 radical (unpaired) electrons. The first-order valence-corrected chi connectivity index (χ1v) is 15.4. The monoisotopic (exact) mass is 646 g/mol. The van der Waals surface area contributed by atoms with Crippen LogP contribution < -0.4 is 18.9 Å². The first kappa shape index (κ1) is 26.3. The van der Waals surface area contributed by atoms with E-state index in [1.165, 1.54) is 0 Å². The average Bonchev–Trinajstić information content (AvgIpc) is 3.46. The standard InChI is InChI=1S/C40H29N5O4/c1-26-20-32(46-28-10-7-12-30(22-28)48-36-14-3-5-16-41-36)24-34-38(26)39-27(2)21-33(25-35(39)45(34)40-43-18-9-19-44-40)47-29-11-8-13-31(23-29)49-37-15-4-6-17-42-37/h3-25H,1-2H3/i1D3. The molecule has 4 heterocycles. The van der Waals surface area contributed by atoms with Crippen molar-refractivity contribution in [2.24, 2.45) is 0 Å². The highest BCUT2D eigenvalue weighted by Gasteiger charge is 2.20. The van der Waals surface area contributed by atoms with Crippen molar-refractivity contribution >= 4 is 21.8 Å². The molecule has 0 bridgehead atoms. The summed E-state index contributed by atoms with van der Waals surface area (Å²) in [4.78, 5) is 17.6. The molecule has 0 aliphatic heterocycles. The number of hydrogen-bond donors (Lipinski definition) is 0. The molecule has 0 aliphatic carbocycles. The Morgan fingerprint density at radius 1 is 0.469 bits per heavy atom. The fraction of sp³-hybridized carbons (Fsp3) is 0.0500. The average molecular weight is 647 g/mol. The normalized spacial score (nSPS) is 12.2. The second-order valence-corrected chi connectivity index (χ2v) is 11.1. The van der Waals surface area contributed by atoms with E-state index in [-0.39, 0.29) is 5.56 Å². The van der Waals surface area contributed by atoms with Gasteiger partial charge in [0.2, 0.25) is 17.7 Å². The van der Waals surface area contributed by atoms with Gasteiger partial charge in [-0.1, -0.05) is 24.3 Å². The molecule has 9 heteroatoms. The van der Waals surface area contributed by atoms with Gasteiger partial charge in [0, 0.05) is 76.1 Å². The molecule has 0 fully saturated rings. The Labute approximate surface area is 286 Å². The number of hydrogen-bond acceptors (Lipinski definition) is 8. The van der Waals surface area contributed by atoms with Gasteiger partial charge in [0.05, 0.1) is 11.0 Å². The van der Waals surface area contributed by atoms with Gasteiger partial charge in [-0.15, -0.1) is 0 Å². The van der Waals surface area contributed by atoms with Crippen molar-refractivity contribution in [2.75, 3.05) is 0 Å². The number of aryl methyl sites for hydroxylation is 2. The summed E-state index contributed by atoms with van der Waals surface area (Å²) in [6.45, 7) is -0.569. The molecule has 4 aromatic carbocycles. The van der Waals surface area contributed by atoms with Crippen LogP contribution in [0.4, 0.5) is 0 Å². The summed E-state index contributed by atoms with van der Waals surface area (Å²) in [6, 6.07) is 34.0. The highest BCUT2D eigenvalue weighted by Crippen LogP contribution is 2.41. The van der Waals surface area contributed by atoms with Gasteiger partial charge < -0.3 is 18.9 Å². The Balaban J connectivity index is 1.24. The topological polar surface area (TPSA) is 93.4 Å². The molecular weight excluding hydrogens is 614 g/mol. The molecule has 0 aliphatic rings. The lowest BCUT2D eigenvalue weighted by molar-refractivity contribution is 0.448. The lowest BCUT2D eigenvalue weighted by Crippen LogP contribution is -2.00. The number of nitrogens with zero attached hydrogens (tertiary/aromatic N) is 5. The molecule has 0 spiro atoms. The maximum absolute atomic E-state index is 8.61. The third kappa shape index (κ3) is 6.20. The Bertz CT molecular complexity index is 2530. The predicted molar refractivity (Wildman–Crippen MR) is 187 cm³/mol. The van der Waals surface area contributed by atoms with Gasteiger partial charge in [-0.05, 0) is 79.5 Å². The third-order valence-electron chi connectivity index (χ3n) is 7.67. The zero-order valence-corrected chi connectivity index (χ0v) is 26.1. The van der Waals surface area contributed by atoms with Gasteiger partial charge in [-0.3, -0.25) is 4.57 Å². The Kier molecular flexibility index (Phi) is 6.89. The molecule has 238 valence electrons. The first-order valence-electron chi connectivity index (χ1n) is 16.9. The summed E-state index contributed by atoms with van der Waals surface area (Å²) < 4.78 is 52.2. The van der Waals surface area contributed by atoms with Crippen LogP contribution in [0.15, 0.2) is 140 Å². The van der Waals surface area contributed by atoms with Crippen molar-refractivity contribution in [3.05, 3.63) is 151 Å². The van der Waals surface area contributed by atoms with Gasteiger partial charge in [0.15, 0.2) is 0 Å². The highest BCUT2D eigenvalue weighted by molar-refractivity contribution is 6.13. The molecule has 8 aromatic rings. The van der Waals surface area contributed by atoms with Crippen LogP contribution in [0.2, 0.25) is 0 Å². The second kappa shape index (κ2) is 12.8. The van der Waals surface area contributed by atoms with Crippen LogP contribution in [0.5, 0.6) is 46.3 Å². The molecule has 0 atom stereocenters. The summed E-state index contributed by atoms with van der Waals surface area (Å²) in [7, 11) is 0. The Morgan fingerprint density at radius 2 is 0.959 bits per heavy atom. The summed E-state index contributed by atoms with van der Waals surface area (Å²) in [5, 5.41) is 1.27. The van der Waals surface area contributed by atoms with Gasteiger partial charge in [-0.2, -0.15) is 0 Å². The zero-order chi connectivity index (χ0) is 35.7.